The van der Waals surface area contributed by atoms with Crippen LogP contribution >= 0.6 is 0 Å². The second-order valence-corrected chi connectivity index (χ2v) is 5.51. The molecule has 4 N–H and O–H groups in total. The Morgan fingerprint density at radius 2 is 1.91 bits per heavy atom. The Kier molecular flexibility index (Phi) is 6.21. The van der Waals surface area contributed by atoms with Gasteiger partial charge in [-0.1, -0.05) is 18.2 Å². The minimum Gasteiger partial charge on any atom is -0.381 e. The summed E-state index contributed by atoms with van der Waals surface area (Å²) >= 11 is 0. The van der Waals surface area contributed by atoms with Crippen molar-refractivity contribution in [1.82, 2.24) is 5.32 Å². The highest BCUT2D eigenvalue weighted by Gasteiger charge is 2.26. The molecule has 1 aromatic carbocycles. The molecule has 1 aliphatic rings. The summed E-state index contributed by atoms with van der Waals surface area (Å²) in [5, 5.41) is 5.98. The fraction of sp³-hybridized carbons (Fsp3) is 0.500. The fourth-order valence-corrected chi connectivity index (χ4v) is 2.67. The first-order valence-corrected chi connectivity index (χ1v) is 7.59. The minimum atomic E-state index is -0.396. The highest BCUT2D eigenvalue weighted by Crippen LogP contribution is 2.20. The third-order valence-electron chi connectivity index (χ3n) is 3.83. The van der Waals surface area contributed by atoms with Gasteiger partial charge in [-0.2, -0.15) is 0 Å². The van der Waals surface area contributed by atoms with Crippen LogP contribution in [0.2, 0.25) is 0 Å². The van der Waals surface area contributed by atoms with Gasteiger partial charge < -0.3 is 21.1 Å². The highest BCUT2D eigenvalue weighted by atomic mass is 16.5. The predicted molar refractivity (Wildman–Crippen MR) is 84.2 cm³/mol. The standard InChI is InChI=1S/C16H23N3O3/c17-15(20)10-14(12-6-8-22-9-7-12)19-16(21)11-18-13-4-2-1-3-5-13/h1-5,12,14,18H,6-11H2,(H2,17,20)(H,19,21). The van der Waals surface area contributed by atoms with Crippen molar-refractivity contribution in [1.29, 1.82) is 0 Å². The number of para-hydroxylation sites is 1. The van der Waals surface area contributed by atoms with Gasteiger partial charge in [-0.3, -0.25) is 9.59 Å². The van der Waals surface area contributed by atoms with E-state index in [4.69, 9.17) is 10.5 Å². The Balaban J connectivity index is 1.85. The van der Waals surface area contributed by atoms with E-state index < -0.39 is 5.91 Å². The molecule has 0 saturated carbocycles. The fourth-order valence-electron chi connectivity index (χ4n) is 2.67. The summed E-state index contributed by atoms with van der Waals surface area (Å²) in [4.78, 5) is 23.3. The van der Waals surface area contributed by atoms with Crippen LogP contribution in [-0.4, -0.2) is 37.6 Å². The Bertz CT molecular complexity index is 487. The maximum absolute atomic E-state index is 12.1. The number of primary amides is 1. The lowest BCUT2D eigenvalue weighted by Crippen LogP contribution is -2.46. The Hall–Kier alpha value is -2.08. The largest absolute Gasteiger partial charge is 0.381 e. The molecular formula is C16H23N3O3. The number of hydrogen-bond acceptors (Lipinski definition) is 4. The molecule has 1 atom stereocenters. The van der Waals surface area contributed by atoms with Gasteiger partial charge in [0, 0.05) is 31.4 Å². The molecule has 1 unspecified atom stereocenters. The number of rotatable bonds is 7. The number of ether oxygens (including phenoxy) is 1. The monoisotopic (exact) mass is 305 g/mol. The zero-order chi connectivity index (χ0) is 15.8. The predicted octanol–water partition coefficient (Wildman–Crippen LogP) is 0.885. The Morgan fingerprint density at radius 1 is 1.23 bits per heavy atom. The maximum Gasteiger partial charge on any atom is 0.239 e. The second kappa shape index (κ2) is 8.38. The van der Waals surface area contributed by atoms with Crippen LogP contribution in [0.25, 0.3) is 0 Å². The molecule has 0 aliphatic carbocycles. The molecule has 1 aromatic rings. The summed E-state index contributed by atoms with van der Waals surface area (Å²) in [6.45, 7) is 1.50. The molecule has 2 amide bonds. The summed E-state index contributed by atoms with van der Waals surface area (Å²) in [5.41, 5.74) is 6.19. The van der Waals surface area contributed by atoms with E-state index in [1.165, 1.54) is 0 Å². The number of benzene rings is 1. The summed E-state index contributed by atoms with van der Waals surface area (Å²) in [7, 11) is 0. The van der Waals surface area contributed by atoms with Gasteiger partial charge in [0.25, 0.3) is 0 Å². The molecule has 22 heavy (non-hydrogen) atoms. The first-order chi connectivity index (χ1) is 10.6. The third kappa shape index (κ3) is 5.37. The van der Waals surface area contributed by atoms with Crippen molar-refractivity contribution < 1.29 is 14.3 Å². The van der Waals surface area contributed by atoms with E-state index in [0.29, 0.717) is 13.2 Å². The molecule has 6 nitrogen and oxygen atoms in total. The number of hydrogen-bond donors (Lipinski definition) is 3. The highest BCUT2D eigenvalue weighted by molar-refractivity contribution is 5.82. The number of carbonyl (C=O) groups is 2. The van der Waals surface area contributed by atoms with E-state index in [1.807, 2.05) is 30.3 Å². The lowest BCUT2D eigenvalue weighted by molar-refractivity contribution is -0.122. The van der Waals surface area contributed by atoms with E-state index in [9.17, 15) is 9.59 Å². The summed E-state index contributed by atoms with van der Waals surface area (Å²) in [6, 6.07) is 9.29. The molecule has 1 saturated heterocycles. The molecule has 120 valence electrons. The van der Waals surface area contributed by atoms with E-state index in [1.54, 1.807) is 0 Å². The van der Waals surface area contributed by atoms with Crippen molar-refractivity contribution >= 4 is 17.5 Å². The van der Waals surface area contributed by atoms with Crippen molar-refractivity contribution in [2.75, 3.05) is 25.1 Å². The van der Waals surface area contributed by atoms with Crippen LogP contribution in [0.15, 0.2) is 30.3 Å². The zero-order valence-corrected chi connectivity index (χ0v) is 12.6. The van der Waals surface area contributed by atoms with Crippen molar-refractivity contribution in [3.05, 3.63) is 30.3 Å². The average Bonchev–Trinajstić information content (AvgIpc) is 2.54. The van der Waals surface area contributed by atoms with Crippen LogP contribution in [0.4, 0.5) is 5.69 Å². The second-order valence-electron chi connectivity index (χ2n) is 5.51. The van der Waals surface area contributed by atoms with Gasteiger partial charge in [-0.15, -0.1) is 0 Å². The first-order valence-electron chi connectivity index (χ1n) is 7.59. The zero-order valence-electron chi connectivity index (χ0n) is 12.6. The van der Waals surface area contributed by atoms with Crippen molar-refractivity contribution in [3.63, 3.8) is 0 Å². The van der Waals surface area contributed by atoms with E-state index >= 15 is 0 Å². The van der Waals surface area contributed by atoms with Crippen molar-refractivity contribution in [2.24, 2.45) is 11.7 Å². The molecule has 1 heterocycles. The van der Waals surface area contributed by atoms with Crippen molar-refractivity contribution in [3.8, 4) is 0 Å². The lowest BCUT2D eigenvalue weighted by Gasteiger charge is -2.30. The Labute approximate surface area is 130 Å². The summed E-state index contributed by atoms with van der Waals surface area (Å²) < 4.78 is 5.32. The topological polar surface area (TPSA) is 93.5 Å². The van der Waals surface area contributed by atoms with Crippen LogP contribution in [0, 0.1) is 5.92 Å². The molecule has 6 heteroatoms. The van der Waals surface area contributed by atoms with Crippen LogP contribution in [0.5, 0.6) is 0 Å². The molecule has 0 radical (unpaired) electrons. The lowest BCUT2D eigenvalue weighted by atomic mass is 9.89. The third-order valence-corrected chi connectivity index (χ3v) is 3.83. The smallest absolute Gasteiger partial charge is 0.239 e. The normalized spacial score (nSPS) is 16.7. The minimum absolute atomic E-state index is 0.137. The Morgan fingerprint density at radius 3 is 2.55 bits per heavy atom. The SMILES string of the molecule is NC(=O)CC(NC(=O)CNc1ccccc1)C1CCOCC1. The molecular weight excluding hydrogens is 282 g/mol. The quantitative estimate of drug-likeness (QED) is 0.697. The van der Waals surface area contributed by atoms with Gasteiger partial charge >= 0.3 is 0 Å². The molecule has 0 bridgehead atoms. The number of amides is 2. The van der Waals surface area contributed by atoms with Crippen molar-refractivity contribution in [2.45, 2.75) is 25.3 Å². The molecule has 2 rings (SSSR count). The van der Waals surface area contributed by atoms with Gasteiger partial charge in [-0.25, -0.2) is 0 Å². The molecule has 1 aliphatic heterocycles. The number of anilines is 1. The van der Waals surface area contributed by atoms with Gasteiger partial charge in [0.05, 0.1) is 6.54 Å². The molecule has 0 spiro atoms. The van der Waals surface area contributed by atoms with Gasteiger partial charge in [0.2, 0.25) is 11.8 Å². The maximum atomic E-state index is 12.1. The van der Waals surface area contributed by atoms with Crippen LogP contribution in [0.3, 0.4) is 0 Å². The number of carbonyl (C=O) groups excluding carboxylic acids is 2. The van der Waals surface area contributed by atoms with E-state index in [0.717, 1.165) is 18.5 Å². The average molecular weight is 305 g/mol. The number of nitrogens with one attached hydrogen (secondary N) is 2. The van der Waals surface area contributed by atoms with Crippen LogP contribution in [0.1, 0.15) is 19.3 Å². The van der Waals surface area contributed by atoms with Crippen LogP contribution in [-0.2, 0) is 14.3 Å². The molecule has 1 fully saturated rings. The van der Waals surface area contributed by atoms with E-state index in [2.05, 4.69) is 10.6 Å². The van der Waals surface area contributed by atoms with E-state index in [-0.39, 0.29) is 30.8 Å². The first kappa shape index (κ1) is 16.3. The summed E-state index contributed by atoms with van der Waals surface area (Å²) in [6.07, 6.45) is 1.84. The number of nitrogens with two attached hydrogens (primary N) is 1. The summed E-state index contributed by atoms with van der Waals surface area (Å²) in [5.74, 6) is -0.295. The van der Waals surface area contributed by atoms with Gasteiger partial charge in [0.1, 0.15) is 0 Å². The van der Waals surface area contributed by atoms with Crippen LogP contribution < -0.4 is 16.4 Å². The van der Waals surface area contributed by atoms with Gasteiger partial charge in [0.15, 0.2) is 0 Å². The molecule has 0 aromatic heterocycles. The van der Waals surface area contributed by atoms with Gasteiger partial charge in [-0.05, 0) is 30.9 Å².